The molecule has 0 saturated carbocycles. The van der Waals surface area contributed by atoms with Crippen molar-refractivity contribution in [2.45, 2.75) is 39.4 Å². The zero-order chi connectivity index (χ0) is 17.6. The third kappa shape index (κ3) is 5.70. The van der Waals surface area contributed by atoms with E-state index in [1.165, 1.54) is 0 Å². The number of hydrogen-bond donors (Lipinski definition) is 2. The molecule has 2 aromatic rings. The topological polar surface area (TPSA) is 58.6 Å². The summed E-state index contributed by atoms with van der Waals surface area (Å²) in [6.07, 6.45) is 0.753. The minimum absolute atomic E-state index is 0.0476. The standard InChI is InChI=1S/C20H25NO3/c1-20(2,3)24-18-10-8-17(9-11-18)19(23)21-13-12-15-4-6-16(14-22)7-5-15/h4-11,22H,12-14H2,1-3H3,(H,21,23). The van der Waals surface area contributed by atoms with Crippen molar-refractivity contribution >= 4 is 5.91 Å². The molecule has 2 rings (SSSR count). The summed E-state index contributed by atoms with van der Waals surface area (Å²) in [5.74, 6) is 0.660. The first-order valence-electron chi connectivity index (χ1n) is 8.13. The Kier molecular flexibility index (Phi) is 5.99. The van der Waals surface area contributed by atoms with Crippen LogP contribution in [-0.4, -0.2) is 23.2 Å². The summed E-state index contributed by atoms with van der Waals surface area (Å²) in [7, 11) is 0. The molecule has 24 heavy (non-hydrogen) atoms. The van der Waals surface area contributed by atoms with Gasteiger partial charge in [-0.1, -0.05) is 24.3 Å². The van der Waals surface area contributed by atoms with E-state index in [4.69, 9.17) is 9.84 Å². The first kappa shape index (κ1) is 18.0. The second-order valence-electron chi connectivity index (χ2n) is 6.72. The van der Waals surface area contributed by atoms with Crippen molar-refractivity contribution in [1.82, 2.24) is 5.32 Å². The molecule has 4 heteroatoms. The smallest absolute Gasteiger partial charge is 0.251 e. The summed E-state index contributed by atoms with van der Waals surface area (Å²) in [6.45, 7) is 6.58. The van der Waals surface area contributed by atoms with E-state index in [9.17, 15) is 4.79 Å². The van der Waals surface area contributed by atoms with Crippen LogP contribution in [0.25, 0.3) is 0 Å². The highest BCUT2D eigenvalue weighted by molar-refractivity contribution is 5.94. The lowest BCUT2D eigenvalue weighted by atomic mass is 10.1. The highest BCUT2D eigenvalue weighted by Gasteiger charge is 2.12. The van der Waals surface area contributed by atoms with Gasteiger partial charge in [-0.25, -0.2) is 0 Å². The molecule has 4 nitrogen and oxygen atoms in total. The molecule has 2 N–H and O–H groups in total. The zero-order valence-electron chi connectivity index (χ0n) is 14.5. The van der Waals surface area contributed by atoms with Crippen LogP contribution in [-0.2, 0) is 13.0 Å². The van der Waals surface area contributed by atoms with Crippen LogP contribution in [0.5, 0.6) is 5.75 Å². The van der Waals surface area contributed by atoms with E-state index < -0.39 is 0 Å². The van der Waals surface area contributed by atoms with Gasteiger partial charge in [0.1, 0.15) is 11.4 Å². The predicted molar refractivity (Wildman–Crippen MR) is 95.2 cm³/mol. The average molecular weight is 327 g/mol. The van der Waals surface area contributed by atoms with Crippen molar-refractivity contribution in [1.29, 1.82) is 0 Å². The number of ether oxygens (including phenoxy) is 1. The molecular weight excluding hydrogens is 302 g/mol. The molecule has 0 unspecified atom stereocenters. The molecule has 0 fully saturated rings. The van der Waals surface area contributed by atoms with E-state index in [-0.39, 0.29) is 18.1 Å². The van der Waals surface area contributed by atoms with Gasteiger partial charge in [0, 0.05) is 12.1 Å². The molecule has 0 bridgehead atoms. The lowest BCUT2D eigenvalue weighted by molar-refractivity contribution is 0.0954. The monoisotopic (exact) mass is 327 g/mol. The second-order valence-corrected chi connectivity index (χ2v) is 6.72. The SMILES string of the molecule is CC(C)(C)Oc1ccc(C(=O)NCCc2ccc(CO)cc2)cc1. The fourth-order valence-corrected chi connectivity index (χ4v) is 2.26. The van der Waals surface area contributed by atoms with Crippen LogP contribution < -0.4 is 10.1 Å². The summed E-state index contributed by atoms with van der Waals surface area (Å²) in [5.41, 5.74) is 2.38. The molecule has 0 aromatic heterocycles. The first-order valence-corrected chi connectivity index (χ1v) is 8.13. The lowest BCUT2D eigenvalue weighted by Gasteiger charge is -2.21. The van der Waals surface area contributed by atoms with Crippen LogP contribution in [0.15, 0.2) is 48.5 Å². The third-order valence-corrected chi connectivity index (χ3v) is 3.45. The van der Waals surface area contributed by atoms with Crippen molar-refractivity contribution in [3.8, 4) is 5.75 Å². The largest absolute Gasteiger partial charge is 0.488 e. The van der Waals surface area contributed by atoms with Gasteiger partial charge in [0.05, 0.1) is 6.61 Å². The van der Waals surface area contributed by atoms with Crippen LogP contribution in [0.4, 0.5) is 0 Å². The number of carbonyl (C=O) groups excluding carboxylic acids is 1. The molecule has 0 aliphatic carbocycles. The van der Waals surface area contributed by atoms with Gasteiger partial charge in [-0.15, -0.1) is 0 Å². The van der Waals surface area contributed by atoms with Crippen LogP contribution in [0, 0.1) is 0 Å². The number of hydrogen-bond acceptors (Lipinski definition) is 3. The molecule has 128 valence electrons. The normalized spacial score (nSPS) is 11.2. The van der Waals surface area contributed by atoms with Crippen LogP contribution in [0.2, 0.25) is 0 Å². The summed E-state index contributed by atoms with van der Waals surface area (Å²) >= 11 is 0. The van der Waals surface area contributed by atoms with E-state index in [1.54, 1.807) is 12.1 Å². The number of aliphatic hydroxyl groups excluding tert-OH is 1. The molecule has 0 heterocycles. The van der Waals surface area contributed by atoms with Crippen LogP contribution in [0.1, 0.15) is 42.3 Å². The Morgan fingerprint density at radius 1 is 1.00 bits per heavy atom. The van der Waals surface area contributed by atoms with Gasteiger partial charge in [0.25, 0.3) is 5.91 Å². The molecule has 0 saturated heterocycles. The Labute approximate surface area is 143 Å². The van der Waals surface area contributed by atoms with Crippen molar-refractivity contribution in [2.24, 2.45) is 0 Å². The maximum atomic E-state index is 12.1. The summed E-state index contributed by atoms with van der Waals surface area (Å²) in [4.78, 5) is 12.1. The first-order chi connectivity index (χ1) is 11.4. The Hall–Kier alpha value is -2.33. The van der Waals surface area contributed by atoms with Crippen molar-refractivity contribution in [3.63, 3.8) is 0 Å². The summed E-state index contributed by atoms with van der Waals surface area (Å²) < 4.78 is 5.74. The molecular formula is C20H25NO3. The molecule has 1 amide bonds. The Bertz CT molecular complexity index is 655. The van der Waals surface area contributed by atoms with E-state index in [1.807, 2.05) is 57.2 Å². The van der Waals surface area contributed by atoms with Crippen molar-refractivity contribution < 1.29 is 14.6 Å². The minimum Gasteiger partial charge on any atom is -0.488 e. The highest BCUT2D eigenvalue weighted by atomic mass is 16.5. The molecule has 0 spiro atoms. The number of amides is 1. The summed E-state index contributed by atoms with van der Waals surface area (Å²) in [5, 5.41) is 11.9. The van der Waals surface area contributed by atoms with Gasteiger partial charge >= 0.3 is 0 Å². The molecule has 0 atom stereocenters. The molecule has 0 aliphatic rings. The second kappa shape index (κ2) is 7.97. The van der Waals surface area contributed by atoms with Crippen LogP contribution in [0.3, 0.4) is 0 Å². The maximum absolute atomic E-state index is 12.1. The van der Waals surface area contributed by atoms with Gasteiger partial charge < -0.3 is 15.2 Å². The van der Waals surface area contributed by atoms with Crippen molar-refractivity contribution in [2.75, 3.05) is 6.54 Å². The van der Waals surface area contributed by atoms with E-state index in [0.29, 0.717) is 12.1 Å². The van der Waals surface area contributed by atoms with Crippen LogP contribution >= 0.6 is 0 Å². The number of rotatable bonds is 6. The quantitative estimate of drug-likeness (QED) is 0.855. The van der Waals surface area contributed by atoms with Gasteiger partial charge in [0.2, 0.25) is 0 Å². The minimum atomic E-state index is -0.255. The van der Waals surface area contributed by atoms with Gasteiger partial charge in [-0.2, -0.15) is 0 Å². The third-order valence-electron chi connectivity index (χ3n) is 3.45. The molecule has 0 radical (unpaired) electrons. The Balaban J connectivity index is 1.83. The fourth-order valence-electron chi connectivity index (χ4n) is 2.26. The number of carbonyl (C=O) groups is 1. The Morgan fingerprint density at radius 2 is 1.58 bits per heavy atom. The predicted octanol–water partition coefficient (Wildman–Crippen LogP) is 3.33. The highest BCUT2D eigenvalue weighted by Crippen LogP contribution is 2.18. The number of aliphatic hydroxyl groups is 1. The Morgan fingerprint density at radius 3 is 2.12 bits per heavy atom. The van der Waals surface area contributed by atoms with E-state index in [0.717, 1.165) is 23.3 Å². The number of benzene rings is 2. The molecule has 0 aliphatic heterocycles. The fraction of sp³-hybridized carbons (Fsp3) is 0.350. The van der Waals surface area contributed by atoms with Gasteiger partial charge in [-0.3, -0.25) is 4.79 Å². The summed E-state index contributed by atoms with van der Waals surface area (Å²) in [6, 6.07) is 14.9. The van der Waals surface area contributed by atoms with E-state index in [2.05, 4.69) is 5.32 Å². The van der Waals surface area contributed by atoms with Gasteiger partial charge in [0.15, 0.2) is 0 Å². The van der Waals surface area contributed by atoms with E-state index >= 15 is 0 Å². The zero-order valence-corrected chi connectivity index (χ0v) is 14.5. The average Bonchev–Trinajstić information content (AvgIpc) is 2.54. The number of nitrogens with one attached hydrogen (secondary N) is 1. The lowest BCUT2D eigenvalue weighted by Crippen LogP contribution is -2.26. The van der Waals surface area contributed by atoms with Crippen molar-refractivity contribution in [3.05, 3.63) is 65.2 Å². The van der Waals surface area contributed by atoms with Gasteiger partial charge in [-0.05, 0) is 62.6 Å². The maximum Gasteiger partial charge on any atom is 0.251 e. The molecule has 2 aromatic carbocycles.